The fraction of sp³-hybridized carbons (Fsp3) is 0.571. The number of nitrogens with two attached hydrogens (primary N) is 1. The first-order chi connectivity index (χ1) is 9.45. The van der Waals surface area contributed by atoms with E-state index in [0.717, 1.165) is 18.4 Å². The molecule has 112 valence electrons. The van der Waals surface area contributed by atoms with Crippen molar-refractivity contribution in [2.45, 2.75) is 37.1 Å². The van der Waals surface area contributed by atoms with Gasteiger partial charge in [0.1, 0.15) is 0 Å². The lowest BCUT2D eigenvalue weighted by Crippen LogP contribution is -2.31. The second-order valence-electron chi connectivity index (χ2n) is 5.40. The summed E-state index contributed by atoms with van der Waals surface area (Å²) in [4.78, 5) is 0.306. The average Bonchev–Trinajstić information content (AvgIpc) is 2.92. The summed E-state index contributed by atoms with van der Waals surface area (Å²) >= 11 is 3.33. The highest BCUT2D eigenvalue weighted by Crippen LogP contribution is 2.29. The molecule has 0 unspecified atom stereocenters. The summed E-state index contributed by atoms with van der Waals surface area (Å²) < 4.78 is 27.4. The van der Waals surface area contributed by atoms with Crippen LogP contribution in [0, 0.1) is 5.92 Å². The minimum atomic E-state index is -3.46. The highest BCUT2D eigenvalue weighted by atomic mass is 79.9. The van der Waals surface area contributed by atoms with E-state index in [9.17, 15) is 8.42 Å². The Kier molecular flexibility index (Phi) is 5.23. The lowest BCUT2D eigenvalue weighted by molar-refractivity contribution is 0.387. The maximum Gasteiger partial charge on any atom is 0.243 e. The molecule has 0 aromatic heterocycles. The number of rotatable bonds is 5. The van der Waals surface area contributed by atoms with Gasteiger partial charge in [-0.25, -0.2) is 12.7 Å². The van der Waals surface area contributed by atoms with Gasteiger partial charge in [0.2, 0.25) is 10.0 Å². The molecule has 0 heterocycles. The van der Waals surface area contributed by atoms with Crippen LogP contribution in [-0.4, -0.2) is 26.3 Å². The van der Waals surface area contributed by atoms with Crippen LogP contribution in [0.1, 0.15) is 31.2 Å². The number of nitrogens with zero attached hydrogens (tertiary/aromatic N) is 1. The molecule has 0 atom stereocenters. The molecule has 1 fully saturated rings. The molecule has 1 aromatic rings. The van der Waals surface area contributed by atoms with Crippen LogP contribution in [0.15, 0.2) is 27.6 Å². The van der Waals surface area contributed by atoms with E-state index >= 15 is 0 Å². The predicted molar refractivity (Wildman–Crippen MR) is 83.8 cm³/mol. The third kappa shape index (κ3) is 3.42. The van der Waals surface area contributed by atoms with E-state index < -0.39 is 10.0 Å². The average molecular weight is 361 g/mol. The van der Waals surface area contributed by atoms with Crippen LogP contribution in [0.5, 0.6) is 0 Å². The van der Waals surface area contributed by atoms with E-state index in [1.807, 2.05) is 6.07 Å². The zero-order valence-corrected chi connectivity index (χ0v) is 14.1. The largest absolute Gasteiger partial charge is 0.326 e. The molecule has 0 saturated heterocycles. The predicted octanol–water partition coefficient (Wildman–Crippen LogP) is 2.72. The molecular formula is C14H21BrN2O2S. The number of hydrogen-bond donors (Lipinski definition) is 1. The fourth-order valence-electron chi connectivity index (χ4n) is 2.69. The quantitative estimate of drug-likeness (QED) is 0.877. The van der Waals surface area contributed by atoms with Gasteiger partial charge in [-0.3, -0.25) is 0 Å². The van der Waals surface area contributed by atoms with Crippen LogP contribution < -0.4 is 5.73 Å². The molecular weight excluding hydrogens is 340 g/mol. The van der Waals surface area contributed by atoms with Gasteiger partial charge in [-0.2, -0.15) is 0 Å². The van der Waals surface area contributed by atoms with Crippen molar-refractivity contribution in [1.82, 2.24) is 4.31 Å². The first-order valence-corrected chi connectivity index (χ1v) is 9.13. The van der Waals surface area contributed by atoms with Gasteiger partial charge in [0.25, 0.3) is 0 Å². The Bertz CT molecular complexity index is 569. The van der Waals surface area contributed by atoms with Crippen LogP contribution in [0.3, 0.4) is 0 Å². The van der Waals surface area contributed by atoms with Gasteiger partial charge >= 0.3 is 0 Å². The Hall–Kier alpha value is -0.430. The smallest absolute Gasteiger partial charge is 0.243 e. The normalized spacial score (nSPS) is 17.0. The summed E-state index contributed by atoms with van der Waals surface area (Å²) in [6, 6.07) is 5.24. The van der Waals surface area contributed by atoms with E-state index in [1.54, 1.807) is 19.2 Å². The molecule has 1 aliphatic rings. The van der Waals surface area contributed by atoms with Crippen LogP contribution >= 0.6 is 15.9 Å². The maximum atomic E-state index is 12.7. The summed E-state index contributed by atoms with van der Waals surface area (Å²) in [5, 5.41) is 0. The van der Waals surface area contributed by atoms with Crippen LogP contribution in [0.4, 0.5) is 0 Å². The zero-order chi connectivity index (χ0) is 14.8. The Morgan fingerprint density at radius 2 is 2.00 bits per heavy atom. The highest BCUT2D eigenvalue weighted by Gasteiger charge is 2.27. The van der Waals surface area contributed by atoms with Crippen molar-refractivity contribution in [1.29, 1.82) is 0 Å². The van der Waals surface area contributed by atoms with Crippen LogP contribution in [0.25, 0.3) is 0 Å². The number of halogens is 1. The van der Waals surface area contributed by atoms with Crippen molar-refractivity contribution in [3.05, 3.63) is 28.2 Å². The van der Waals surface area contributed by atoms with Crippen molar-refractivity contribution in [2.24, 2.45) is 11.7 Å². The second-order valence-corrected chi connectivity index (χ2v) is 8.27. The molecule has 20 heavy (non-hydrogen) atoms. The Morgan fingerprint density at radius 3 is 2.60 bits per heavy atom. The third-order valence-electron chi connectivity index (χ3n) is 3.91. The van der Waals surface area contributed by atoms with Gasteiger partial charge < -0.3 is 5.73 Å². The summed E-state index contributed by atoms with van der Waals surface area (Å²) in [5.41, 5.74) is 6.42. The van der Waals surface area contributed by atoms with E-state index in [-0.39, 0.29) is 0 Å². The van der Waals surface area contributed by atoms with E-state index in [4.69, 9.17) is 5.73 Å². The molecule has 0 aliphatic heterocycles. The standard InChI is InChI=1S/C14H21BrN2O2S/c1-17(10-11-4-2-3-5-11)20(18,19)14-8-12(9-16)6-7-13(14)15/h6-8,11H,2-5,9-10,16H2,1H3. The van der Waals surface area contributed by atoms with Gasteiger partial charge in [0.15, 0.2) is 0 Å². The topological polar surface area (TPSA) is 63.4 Å². The summed E-state index contributed by atoms with van der Waals surface area (Å²) in [5.74, 6) is 0.492. The van der Waals surface area contributed by atoms with Crippen molar-refractivity contribution in [3.63, 3.8) is 0 Å². The lowest BCUT2D eigenvalue weighted by atomic mass is 10.1. The molecule has 1 aliphatic carbocycles. The second kappa shape index (κ2) is 6.56. The van der Waals surface area contributed by atoms with Crippen molar-refractivity contribution in [2.75, 3.05) is 13.6 Å². The minimum Gasteiger partial charge on any atom is -0.326 e. The Morgan fingerprint density at radius 1 is 1.35 bits per heavy atom. The fourth-order valence-corrected chi connectivity index (χ4v) is 4.91. The zero-order valence-electron chi connectivity index (χ0n) is 11.7. The first kappa shape index (κ1) is 15.9. The highest BCUT2D eigenvalue weighted by molar-refractivity contribution is 9.10. The maximum absolute atomic E-state index is 12.7. The van der Waals surface area contributed by atoms with Gasteiger partial charge in [-0.15, -0.1) is 0 Å². The number of benzene rings is 1. The van der Waals surface area contributed by atoms with Gasteiger partial charge in [0, 0.05) is 24.6 Å². The minimum absolute atomic E-state index is 0.306. The lowest BCUT2D eigenvalue weighted by Gasteiger charge is -2.21. The monoisotopic (exact) mass is 360 g/mol. The molecule has 1 aromatic carbocycles. The first-order valence-electron chi connectivity index (χ1n) is 6.90. The molecule has 2 N–H and O–H groups in total. The van der Waals surface area contributed by atoms with E-state index in [0.29, 0.717) is 28.4 Å². The molecule has 0 bridgehead atoms. The Balaban J connectivity index is 2.24. The summed E-state index contributed by atoms with van der Waals surface area (Å²) in [6.45, 7) is 0.934. The molecule has 2 rings (SSSR count). The van der Waals surface area contributed by atoms with Crippen molar-refractivity contribution < 1.29 is 8.42 Å². The van der Waals surface area contributed by atoms with Crippen LogP contribution in [0.2, 0.25) is 0 Å². The molecule has 6 heteroatoms. The van der Waals surface area contributed by atoms with E-state index in [1.165, 1.54) is 17.1 Å². The van der Waals surface area contributed by atoms with Gasteiger partial charge in [-0.1, -0.05) is 18.9 Å². The summed E-state index contributed by atoms with van der Waals surface area (Å²) in [7, 11) is -1.80. The SMILES string of the molecule is CN(CC1CCCC1)S(=O)(=O)c1cc(CN)ccc1Br. The molecule has 0 spiro atoms. The number of sulfonamides is 1. The van der Waals surface area contributed by atoms with Crippen molar-refractivity contribution >= 4 is 26.0 Å². The Labute approximate surface area is 129 Å². The molecule has 1 saturated carbocycles. The van der Waals surface area contributed by atoms with Gasteiger partial charge in [0.05, 0.1) is 4.90 Å². The third-order valence-corrected chi connectivity index (χ3v) is 6.73. The number of hydrogen-bond acceptors (Lipinski definition) is 3. The molecule has 0 radical (unpaired) electrons. The summed E-state index contributed by atoms with van der Waals surface area (Å²) in [6.07, 6.45) is 4.68. The molecule has 0 amide bonds. The van der Waals surface area contributed by atoms with Crippen molar-refractivity contribution in [3.8, 4) is 0 Å². The van der Waals surface area contributed by atoms with Crippen LogP contribution in [-0.2, 0) is 16.6 Å². The van der Waals surface area contributed by atoms with E-state index in [2.05, 4.69) is 15.9 Å². The molecule has 4 nitrogen and oxygen atoms in total. The van der Waals surface area contributed by atoms with Gasteiger partial charge in [-0.05, 0) is 52.4 Å².